The quantitative estimate of drug-likeness (QED) is 0.465. The summed E-state index contributed by atoms with van der Waals surface area (Å²) in [6.07, 6.45) is 0. The molecule has 0 saturated carbocycles. The number of ketones is 1. The fraction of sp³-hybridized carbons (Fsp3) is 0.222. The number of carbonyl (C=O) groups excluding carboxylic acids is 2. The van der Waals surface area contributed by atoms with E-state index in [0.717, 1.165) is 5.56 Å². The summed E-state index contributed by atoms with van der Waals surface area (Å²) < 4.78 is 15.8. The van der Waals surface area contributed by atoms with E-state index in [-0.39, 0.29) is 18.1 Å². The zero-order valence-corrected chi connectivity index (χ0v) is 13.3. The largest absolute Gasteiger partial charge is 0.493 e. The van der Waals surface area contributed by atoms with Crippen molar-refractivity contribution < 1.29 is 23.8 Å². The summed E-state index contributed by atoms with van der Waals surface area (Å²) in [5.41, 5.74) is 1.52. The van der Waals surface area contributed by atoms with Crippen molar-refractivity contribution in [2.45, 2.75) is 13.8 Å². The lowest BCUT2D eigenvalue weighted by atomic mass is 10.1. The summed E-state index contributed by atoms with van der Waals surface area (Å²) in [7, 11) is 1.44. The van der Waals surface area contributed by atoms with Crippen molar-refractivity contribution in [1.29, 1.82) is 0 Å². The second kappa shape index (κ2) is 7.45. The van der Waals surface area contributed by atoms with E-state index in [1.54, 1.807) is 12.1 Å². The zero-order valence-electron chi connectivity index (χ0n) is 13.3. The van der Waals surface area contributed by atoms with Crippen LogP contribution in [0, 0.1) is 6.92 Å². The highest BCUT2D eigenvalue weighted by Gasteiger charge is 2.13. The van der Waals surface area contributed by atoms with Crippen molar-refractivity contribution in [3.8, 4) is 17.2 Å². The highest BCUT2D eigenvalue weighted by atomic mass is 16.6. The maximum Gasteiger partial charge on any atom is 0.349 e. The molecule has 0 radical (unpaired) electrons. The molecule has 0 atom stereocenters. The number of benzene rings is 2. The van der Waals surface area contributed by atoms with Gasteiger partial charge >= 0.3 is 5.97 Å². The third-order valence-electron chi connectivity index (χ3n) is 3.14. The molecule has 5 nitrogen and oxygen atoms in total. The lowest BCUT2D eigenvalue weighted by molar-refractivity contribution is -0.136. The fourth-order valence-electron chi connectivity index (χ4n) is 1.97. The van der Waals surface area contributed by atoms with Crippen molar-refractivity contribution in [2.24, 2.45) is 0 Å². The summed E-state index contributed by atoms with van der Waals surface area (Å²) >= 11 is 0. The van der Waals surface area contributed by atoms with Gasteiger partial charge < -0.3 is 14.2 Å². The number of hydrogen-bond donors (Lipinski definition) is 0. The van der Waals surface area contributed by atoms with Crippen molar-refractivity contribution in [2.75, 3.05) is 13.7 Å². The number of methoxy groups -OCH3 is 1. The number of esters is 1. The van der Waals surface area contributed by atoms with Gasteiger partial charge in [-0.1, -0.05) is 12.1 Å². The molecule has 23 heavy (non-hydrogen) atoms. The molecule has 0 amide bonds. The molecule has 0 aliphatic rings. The van der Waals surface area contributed by atoms with Gasteiger partial charge in [0.15, 0.2) is 23.9 Å². The molecule has 0 saturated heterocycles. The first kappa shape index (κ1) is 16.5. The molecule has 0 aliphatic heterocycles. The van der Waals surface area contributed by atoms with Gasteiger partial charge in [-0.3, -0.25) is 4.79 Å². The van der Waals surface area contributed by atoms with Crippen LogP contribution in [0.5, 0.6) is 17.2 Å². The molecule has 0 fully saturated rings. The molecule has 0 unspecified atom stereocenters. The number of Topliss-reactive ketones (excluding diaryl/α,β-unsaturated/α-hetero) is 1. The monoisotopic (exact) mass is 314 g/mol. The van der Waals surface area contributed by atoms with Gasteiger partial charge in [0.25, 0.3) is 0 Å². The SMILES string of the molecule is COc1cc(C(C)=O)ccc1OC(=O)COc1cccc(C)c1. The van der Waals surface area contributed by atoms with Gasteiger partial charge in [-0.25, -0.2) is 4.79 Å². The Morgan fingerprint density at radius 1 is 1.04 bits per heavy atom. The molecule has 0 aromatic heterocycles. The van der Waals surface area contributed by atoms with Gasteiger partial charge in [-0.2, -0.15) is 0 Å². The Morgan fingerprint density at radius 3 is 2.48 bits per heavy atom. The topological polar surface area (TPSA) is 61.8 Å². The van der Waals surface area contributed by atoms with Gasteiger partial charge in [0, 0.05) is 5.56 Å². The van der Waals surface area contributed by atoms with Crippen LogP contribution in [0.3, 0.4) is 0 Å². The Kier molecular flexibility index (Phi) is 5.36. The van der Waals surface area contributed by atoms with Gasteiger partial charge in [0.1, 0.15) is 5.75 Å². The molecular weight excluding hydrogens is 296 g/mol. The van der Waals surface area contributed by atoms with Crippen molar-refractivity contribution in [3.63, 3.8) is 0 Å². The van der Waals surface area contributed by atoms with Crippen LogP contribution in [0.2, 0.25) is 0 Å². The molecule has 2 rings (SSSR count). The van der Waals surface area contributed by atoms with E-state index in [2.05, 4.69) is 0 Å². The standard InChI is InChI=1S/C18H18O5/c1-12-5-4-6-15(9-12)22-11-18(20)23-16-8-7-14(13(2)19)10-17(16)21-3/h4-10H,11H2,1-3H3. The summed E-state index contributed by atoms with van der Waals surface area (Å²) in [5.74, 6) is 0.516. The molecule has 0 N–H and O–H groups in total. The summed E-state index contributed by atoms with van der Waals surface area (Å²) in [6.45, 7) is 3.17. The smallest absolute Gasteiger partial charge is 0.349 e. The number of ether oxygens (including phenoxy) is 3. The van der Waals surface area contributed by atoms with Crippen LogP contribution in [-0.2, 0) is 4.79 Å². The molecule has 2 aromatic rings. The van der Waals surface area contributed by atoms with Crippen LogP contribution in [0.1, 0.15) is 22.8 Å². The molecule has 5 heteroatoms. The summed E-state index contributed by atoms with van der Waals surface area (Å²) in [4.78, 5) is 23.2. The van der Waals surface area contributed by atoms with Gasteiger partial charge in [0.05, 0.1) is 7.11 Å². The minimum atomic E-state index is -0.555. The first-order chi connectivity index (χ1) is 11.0. The van der Waals surface area contributed by atoms with Gasteiger partial charge in [0.2, 0.25) is 0 Å². The number of hydrogen-bond acceptors (Lipinski definition) is 5. The van der Waals surface area contributed by atoms with Crippen LogP contribution in [0.4, 0.5) is 0 Å². The average molecular weight is 314 g/mol. The Hall–Kier alpha value is -2.82. The zero-order chi connectivity index (χ0) is 16.8. The molecule has 0 heterocycles. The minimum Gasteiger partial charge on any atom is -0.493 e. The van der Waals surface area contributed by atoms with E-state index in [9.17, 15) is 9.59 Å². The predicted octanol–water partition coefficient (Wildman–Crippen LogP) is 3.19. The summed E-state index contributed by atoms with van der Waals surface area (Å²) in [6, 6.07) is 12.0. The molecule has 0 bridgehead atoms. The molecule has 0 aliphatic carbocycles. The van der Waals surface area contributed by atoms with Crippen LogP contribution >= 0.6 is 0 Å². The van der Waals surface area contributed by atoms with Crippen LogP contribution in [-0.4, -0.2) is 25.5 Å². The Balaban J connectivity index is 2.01. The average Bonchev–Trinajstić information content (AvgIpc) is 2.53. The number of carbonyl (C=O) groups is 2. The second-order valence-corrected chi connectivity index (χ2v) is 5.00. The van der Waals surface area contributed by atoms with Crippen LogP contribution < -0.4 is 14.2 Å². The highest BCUT2D eigenvalue weighted by Crippen LogP contribution is 2.28. The van der Waals surface area contributed by atoms with E-state index in [1.165, 1.54) is 26.2 Å². The molecule has 120 valence electrons. The van der Waals surface area contributed by atoms with Crippen LogP contribution in [0.25, 0.3) is 0 Å². The Labute approximate surface area is 134 Å². The third-order valence-corrected chi connectivity index (χ3v) is 3.14. The first-order valence-electron chi connectivity index (χ1n) is 7.08. The Bertz CT molecular complexity index is 721. The number of aryl methyl sites for hydroxylation is 1. The first-order valence-corrected chi connectivity index (χ1v) is 7.08. The maximum atomic E-state index is 11.9. The van der Waals surface area contributed by atoms with E-state index >= 15 is 0 Å². The highest BCUT2D eigenvalue weighted by molar-refractivity contribution is 5.94. The third kappa shape index (κ3) is 4.57. The Morgan fingerprint density at radius 2 is 1.83 bits per heavy atom. The fourth-order valence-corrected chi connectivity index (χ4v) is 1.97. The second-order valence-electron chi connectivity index (χ2n) is 5.00. The molecule has 2 aromatic carbocycles. The van der Waals surface area contributed by atoms with E-state index in [4.69, 9.17) is 14.2 Å². The molecule has 0 spiro atoms. The molecular formula is C18H18O5. The van der Waals surface area contributed by atoms with E-state index in [1.807, 2.05) is 25.1 Å². The summed E-state index contributed by atoms with van der Waals surface area (Å²) in [5, 5.41) is 0. The van der Waals surface area contributed by atoms with Crippen molar-refractivity contribution in [1.82, 2.24) is 0 Å². The lowest BCUT2D eigenvalue weighted by Crippen LogP contribution is -2.18. The normalized spacial score (nSPS) is 10.0. The van der Waals surface area contributed by atoms with E-state index in [0.29, 0.717) is 17.1 Å². The van der Waals surface area contributed by atoms with Crippen molar-refractivity contribution >= 4 is 11.8 Å². The van der Waals surface area contributed by atoms with E-state index < -0.39 is 5.97 Å². The predicted molar refractivity (Wildman–Crippen MR) is 85.3 cm³/mol. The lowest BCUT2D eigenvalue weighted by Gasteiger charge is -2.11. The number of rotatable bonds is 6. The van der Waals surface area contributed by atoms with Crippen molar-refractivity contribution in [3.05, 3.63) is 53.6 Å². The maximum absolute atomic E-state index is 11.9. The van der Waals surface area contributed by atoms with Gasteiger partial charge in [-0.15, -0.1) is 0 Å². The van der Waals surface area contributed by atoms with Gasteiger partial charge in [-0.05, 0) is 49.7 Å². The minimum absolute atomic E-state index is 0.0936. The van der Waals surface area contributed by atoms with Crippen LogP contribution in [0.15, 0.2) is 42.5 Å².